The van der Waals surface area contributed by atoms with Gasteiger partial charge in [-0.2, -0.15) is 0 Å². The van der Waals surface area contributed by atoms with E-state index in [4.69, 9.17) is 5.73 Å². The van der Waals surface area contributed by atoms with Crippen LogP contribution in [0.1, 0.15) is 11.7 Å². The molecule has 3 N–H and O–H groups in total. The van der Waals surface area contributed by atoms with Crippen LogP contribution in [0.2, 0.25) is 0 Å². The van der Waals surface area contributed by atoms with E-state index in [0.29, 0.717) is 0 Å². The number of aliphatic hydroxyl groups is 1. The van der Waals surface area contributed by atoms with Gasteiger partial charge in [0.1, 0.15) is 0 Å². The van der Waals surface area contributed by atoms with E-state index in [2.05, 4.69) is 11.4 Å². The molecule has 1 aromatic carbocycles. The third-order valence-electron chi connectivity index (χ3n) is 2.32. The fourth-order valence-corrected chi connectivity index (χ4v) is 2.18. The Bertz CT molecular complexity index is 408. The van der Waals surface area contributed by atoms with Gasteiger partial charge >= 0.3 is 0 Å². The van der Waals surface area contributed by atoms with E-state index in [1.807, 2.05) is 30.3 Å². The van der Waals surface area contributed by atoms with Crippen molar-refractivity contribution in [3.8, 4) is 10.4 Å². The molecule has 2 aromatic rings. The van der Waals surface area contributed by atoms with Gasteiger partial charge in [0, 0.05) is 11.4 Å². The zero-order chi connectivity index (χ0) is 10.7. The van der Waals surface area contributed by atoms with Crippen LogP contribution in [0, 0.1) is 0 Å². The summed E-state index contributed by atoms with van der Waals surface area (Å²) in [6.45, 7) is 0.262. The van der Waals surface area contributed by atoms with Gasteiger partial charge in [0.25, 0.3) is 0 Å². The van der Waals surface area contributed by atoms with Gasteiger partial charge in [-0.15, -0.1) is 11.3 Å². The molecule has 0 saturated heterocycles. The van der Waals surface area contributed by atoms with Crippen molar-refractivity contribution >= 4 is 11.3 Å². The van der Waals surface area contributed by atoms with E-state index in [9.17, 15) is 5.11 Å². The summed E-state index contributed by atoms with van der Waals surface area (Å²) in [6.07, 6.45) is -0.553. The number of nitrogens with two attached hydrogens (primary N) is 1. The van der Waals surface area contributed by atoms with Crippen molar-refractivity contribution in [3.63, 3.8) is 0 Å². The Hall–Kier alpha value is -1.16. The van der Waals surface area contributed by atoms with Crippen molar-refractivity contribution in [1.29, 1.82) is 0 Å². The molecule has 1 aromatic heterocycles. The van der Waals surface area contributed by atoms with Gasteiger partial charge in [-0.1, -0.05) is 30.3 Å². The van der Waals surface area contributed by atoms with Gasteiger partial charge in [0.2, 0.25) is 0 Å². The van der Waals surface area contributed by atoms with Crippen molar-refractivity contribution < 1.29 is 5.11 Å². The molecule has 1 unspecified atom stereocenters. The summed E-state index contributed by atoms with van der Waals surface area (Å²) < 4.78 is 0. The minimum absolute atomic E-state index is 0.262. The molecule has 0 amide bonds. The number of benzene rings is 1. The zero-order valence-corrected chi connectivity index (χ0v) is 9.08. The predicted octanol–water partition coefficient (Wildman–Crippen LogP) is 2.41. The maximum absolute atomic E-state index is 9.53. The summed E-state index contributed by atoms with van der Waals surface area (Å²) in [5, 5.41) is 11.6. The first-order valence-electron chi connectivity index (χ1n) is 4.83. The summed E-state index contributed by atoms with van der Waals surface area (Å²) in [4.78, 5) is 1.24. The Kier molecular flexibility index (Phi) is 3.16. The average molecular weight is 219 g/mol. The Morgan fingerprint density at radius 2 is 1.93 bits per heavy atom. The largest absolute Gasteiger partial charge is 0.387 e. The second-order valence-electron chi connectivity index (χ2n) is 3.35. The van der Waals surface area contributed by atoms with E-state index in [0.717, 1.165) is 5.56 Å². The van der Waals surface area contributed by atoms with Gasteiger partial charge in [-0.3, -0.25) is 0 Å². The smallest absolute Gasteiger partial charge is 0.0912 e. The van der Waals surface area contributed by atoms with Gasteiger partial charge < -0.3 is 10.8 Å². The van der Waals surface area contributed by atoms with E-state index in [1.54, 1.807) is 11.3 Å². The lowest BCUT2D eigenvalue weighted by molar-refractivity contribution is 0.187. The molecule has 78 valence electrons. The molecule has 15 heavy (non-hydrogen) atoms. The number of thiophene rings is 1. The minimum Gasteiger partial charge on any atom is -0.387 e. The first-order chi connectivity index (χ1) is 7.31. The Labute approximate surface area is 93.0 Å². The van der Waals surface area contributed by atoms with Gasteiger partial charge in [0.05, 0.1) is 6.10 Å². The standard InChI is InChI=1S/C12H13NOS/c13-8-11(14)9-3-5-10(6-4-9)12-2-1-7-15-12/h1-7,11,14H,8,13H2. The average Bonchev–Trinajstić information content (AvgIpc) is 2.82. The minimum atomic E-state index is -0.553. The second kappa shape index (κ2) is 4.57. The maximum Gasteiger partial charge on any atom is 0.0912 e. The first kappa shape index (κ1) is 10.4. The molecule has 2 rings (SSSR count). The van der Waals surface area contributed by atoms with Crippen LogP contribution in [0.5, 0.6) is 0 Å². The topological polar surface area (TPSA) is 46.2 Å². The highest BCUT2D eigenvalue weighted by molar-refractivity contribution is 7.13. The highest BCUT2D eigenvalue weighted by atomic mass is 32.1. The molecule has 0 saturated carbocycles. The van der Waals surface area contributed by atoms with Crippen molar-refractivity contribution in [2.45, 2.75) is 6.10 Å². The third-order valence-corrected chi connectivity index (χ3v) is 3.24. The summed E-state index contributed by atoms with van der Waals surface area (Å²) >= 11 is 1.71. The monoisotopic (exact) mass is 219 g/mol. The lowest BCUT2D eigenvalue weighted by Gasteiger charge is -2.08. The van der Waals surface area contributed by atoms with E-state index in [-0.39, 0.29) is 6.54 Å². The number of aliphatic hydroxyl groups excluding tert-OH is 1. The Balaban J connectivity index is 2.25. The molecular weight excluding hydrogens is 206 g/mol. The fraction of sp³-hybridized carbons (Fsp3) is 0.167. The summed E-state index contributed by atoms with van der Waals surface area (Å²) in [5.41, 5.74) is 7.44. The van der Waals surface area contributed by atoms with Gasteiger partial charge in [-0.05, 0) is 22.6 Å². The molecule has 0 aliphatic carbocycles. The van der Waals surface area contributed by atoms with E-state index in [1.165, 1.54) is 10.4 Å². The van der Waals surface area contributed by atoms with Crippen LogP contribution < -0.4 is 5.73 Å². The lowest BCUT2D eigenvalue weighted by Crippen LogP contribution is -2.11. The molecule has 0 fully saturated rings. The molecular formula is C12H13NOS. The van der Waals surface area contributed by atoms with Crippen molar-refractivity contribution in [2.75, 3.05) is 6.54 Å². The van der Waals surface area contributed by atoms with Crippen LogP contribution in [-0.4, -0.2) is 11.7 Å². The zero-order valence-electron chi connectivity index (χ0n) is 8.26. The van der Waals surface area contributed by atoms with E-state index >= 15 is 0 Å². The summed E-state index contributed by atoms with van der Waals surface area (Å²) in [5.74, 6) is 0. The quantitative estimate of drug-likeness (QED) is 0.832. The molecule has 0 spiro atoms. The first-order valence-corrected chi connectivity index (χ1v) is 5.71. The molecule has 1 atom stereocenters. The Morgan fingerprint density at radius 3 is 2.47 bits per heavy atom. The molecule has 2 nitrogen and oxygen atoms in total. The van der Waals surface area contributed by atoms with Crippen molar-refractivity contribution in [1.82, 2.24) is 0 Å². The van der Waals surface area contributed by atoms with Crippen LogP contribution in [0.4, 0.5) is 0 Å². The molecule has 0 bridgehead atoms. The number of hydrogen-bond acceptors (Lipinski definition) is 3. The number of rotatable bonds is 3. The molecule has 3 heteroatoms. The predicted molar refractivity (Wildman–Crippen MR) is 63.8 cm³/mol. The normalized spacial score (nSPS) is 12.7. The van der Waals surface area contributed by atoms with Crippen LogP contribution in [0.15, 0.2) is 41.8 Å². The van der Waals surface area contributed by atoms with Crippen LogP contribution in [0.3, 0.4) is 0 Å². The highest BCUT2D eigenvalue weighted by Crippen LogP contribution is 2.25. The molecule has 1 heterocycles. The Morgan fingerprint density at radius 1 is 1.20 bits per heavy atom. The molecule has 0 aliphatic rings. The summed E-state index contributed by atoms with van der Waals surface area (Å²) in [7, 11) is 0. The summed E-state index contributed by atoms with van der Waals surface area (Å²) in [6, 6.07) is 12.0. The van der Waals surface area contributed by atoms with Crippen molar-refractivity contribution in [2.24, 2.45) is 5.73 Å². The number of hydrogen-bond donors (Lipinski definition) is 2. The van der Waals surface area contributed by atoms with Crippen LogP contribution in [0.25, 0.3) is 10.4 Å². The maximum atomic E-state index is 9.53. The lowest BCUT2D eigenvalue weighted by atomic mass is 10.1. The van der Waals surface area contributed by atoms with Crippen LogP contribution in [-0.2, 0) is 0 Å². The van der Waals surface area contributed by atoms with Crippen LogP contribution >= 0.6 is 11.3 Å². The fourth-order valence-electron chi connectivity index (χ4n) is 1.45. The van der Waals surface area contributed by atoms with Gasteiger partial charge in [0.15, 0.2) is 0 Å². The SMILES string of the molecule is NCC(O)c1ccc(-c2cccs2)cc1. The van der Waals surface area contributed by atoms with Gasteiger partial charge in [-0.25, -0.2) is 0 Å². The third kappa shape index (κ3) is 2.26. The molecule has 0 radical (unpaired) electrons. The van der Waals surface area contributed by atoms with E-state index < -0.39 is 6.10 Å². The molecule has 0 aliphatic heterocycles. The van der Waals surface area contributed by atoms with Crippen molar-refractivity contribution in [3.05, 3.63) is 47.3 Å². The highest BCUT2D eigenvalue weighted by Gasteiger charge is 2.05. The second-order valence-corrected chi connectivity index (χ2v) is 4.30.